The van der Waals surface area contributed by atoms with Crippen LogP contribution in [0.15, 0.2) is 63.8 Å². The second kappa shape index (κ2) is 4.04. The summed E-state index contributed by atoms with van der Waals surface area (Å²) in [5.41, 5.74) is 1.13. The van der Waals surface area contributed by atoms with Gasteiger partial charge in [-0.25, -0.2) is 0 Å². The predicted molar refractivity (Wildman–Crippen MR) is 69.6 cm³/mol. The lowest BCUT2D eigenvalue weighted by molar-refractivity contribution is 0.474. The molecule has 0 saturated carbocycles. The van der Waals surface area contributed by atoms with E-state index < -0.39 is 0 Å². The second-order valence-corrected chi connectivity index (χ2v) is 4.00. The Hall–Kier alpha value is -2.55. The summed E-state index contributed by atoms with van der Waals surface area (Å²) < 4.78 is 12.6. The van der Waals surface area contributed by atoms with Crippen LogP contribution >= 0.6 is 0 Å². The van der Waals surface area contributed by atoms with Crippen molar-refractivity contribution < 1.29 is 9.53 Å². The SMILES string of the molecule is [2H]Oc1ccc2c(=O)cc(-c3ccccc3)oc2c1. The van der Waals surface area contributed by atoms with Crippen molar-refractivity contribution in [3.63, 3.8) is 0 Å². The number of hydrogen-bond acceptors (Lipinski definition) is 3. The molecule has 0 aliphatic carbocycles. The van der Waals surface area contributed by atoms with Gasteiger partial charge in [0.2, 0.25) is 0 Å². The molecule has 3 rings (SSSR count). The molecule has 0 fully saturated rings. The van der Waals surface area contributed by atoms with E-state index in [1.54, 1.807) is 12.1 Å². The van der Waals surface area contributed by atoms with E-state index in [2.05, 4.69) is 5.11 Å². The van der Waals surface area contributed by atoms with Crippen LogP contribution in [0.25, 0.3) is 22.3 Å². The molecule has 3 heteroatoms. The van der Waals surface area contributed by atoms with E-state index in [1.807, 2.05) is 30.3 Å². The first-order valence-corrected chi connectivity index (χ1v) is 5.54. The van der Waals surface area contributed by atoms with Crippen molar-refractivity contribution in [3.8, 4) is 17.1 Å². The topological polar surface area (TPSA) is 50.4 Å². The number of hydrogen-bond donors (Lipinski definition) is 1. The summed E-state index contributed by atoms with van der Waals surface area (Å²) in [7, 11) is 0. The molecule has 3 nitrogen and oxygen atoms in total. The number of aromatic hydroxyl groups is 1. The minimum Gasteiger partial charge on any atom is -0.508 e. The number of phenolic OH excluding ortho intramolecular Hbond substituents is 1. The fourth-order valence-electron chi connectivity index (χ4n) is 1.88. The molecule has 1 aromatic heterocycles. The molecule has 1 heterocycles. The normalized spacial score (nSPS) is 11.2. The molecule has 0 bridgehead atoms. The Kier molecular flexibility index (Phi) is 2.12. The summed E-state index contributed by atoms with van der Waals surface area (Å²) in [6.07, 6.45) is 0. The average molecular weight is 239 g/mol. The monoisotopic (exact) mass is 239 g/mol. The van der Waals surface area contributed by atoms with Gasteiger partial charge in [-0.3, -0.25) is 4.79 Å². The highest BCUT2D eigenvalue weighted by atomic mass is 16.3. The first-order valence-electron chi connectivity index (χ1n) is 5.95. The smallest absolute Gasteiger partial charge is 0.293 e. The first-order chi connectivity index (χ1) is 9.28. The molecule has 0 amide bonds. The summed E-state index contributed by atoms with van der Waals surface area (Å²) in [5.74, 6) is 0.834. The van der Waals surface area contributed by atoms with Crippen LogP contribution in [-0.2, 0) is 0 Å². The van der Waals surface area contributed by atoms with Crippen LogP contribution in [0.2, 0.25) is 0 Å². The van der Waals surface area contributed by atoms with Crippen LogP contribution in [0.4, 0.5) is 0 Å². The number of phenols is 1. The average Bonchev–Trinajstić information content (AvgIpc) is 2.47. The minimum atomic E-state index is -0.114. The molecule has 0 atom stereocenters. The molecule has 2 aromatic carbocycles. The van der Waals surface area contributed by atoms with Crippen LogP contribution in [0.5, 0.6) is 5.75 Å². The number of fused-ring (bicyclic) bond motifs is 1. The van der Waals surface area contributed by atoms with E-state index in [4.69, 9.17) is 5.85 Å². The van der Waals surface area contributed by atoms with Gasteiger partial charge in [0.15, 0.2) is 5.43 Å². The Labute approximate surface area is 104 Å². The van der Waals surface area contributed by atoms with E-state index in [9.17, 15) is 4.79 Å². The first kappa shape index (κ1) is 9.48. The molecule has 0 aliphatic heterocycles. The van der Waals surface area contributed by atoms with Gasteiger partial charge in [0.25, 0.3) is 1.43 Å². The van der Waals surface area contributed by atoms with Gasteiger partial charge in [-0.05, 0) is 12.1 Å². The van der Waals surface area contributed by atoms with Crippen molar-refractivity contribution in [1.82, 2.24) is 0 Å². The highest BCUT2D eigenvalue weighted by Gasteiger charge is 2.06. The van der Waals surface area contributed by atoms with Gasteiger partial charge in [-0.1, -0.05) is 30.3 Å². The lowest BCUT2D eigenvalue weighted by Gasteiger charge is -2.03. The van der Waals surface area contributed by atoms with Crippen molar-refractivity contribution in [2.75, 3.05) is 0 Å². The van der Waals surface area contributed by atoms with Gasteiger partial charge in [0.1, 0.15) is 17.1 Å². The Bertz CT molecular complexity index is 778. The van der Waals surface area contributed by atoms with Crippen molar-refractivity contribution in [3.05, 3.63) is 64.8 Å². The molecular weight excluding hydrogens is 228 g/mol. The zero-order chi connectivity index (χ0) is 13.2. The van der Waals surface area contributed by atoms with Crippen LogP contribution in [0.1, 0.15) is 0 Å². The van der Waals surface area contributed by atoms with Gasteiger partial charge in [0.05, 0.1) is 5.39 Å². The third-order valence-corrected chi connectivity index (χ3v) is 2.76. The fraction of sp³-hybridized carbons (Fsp3) is 0. The maximum absolute atomic E-state index is 12.0. The van der Waals surface area contributed by atoms with Crippen molar-refractivity contribution in [2.24, 2.45) is 0 Å². The molecule has 1 N–H and O–H groups in total. The molecule has 3 aromatic rings. The van der Waals surface area contributed by atoms with Crippen LogP contribution in [0.3, 0.4) is 0 Å². The van der Waals surface area contributed by atoms with Crippen LogP contribution < -0.4 is 5.43 Å². The second-order valence-electron chi connectivity index (χ2n) is 4.00. The summed E-state index contributed by atoms with van der Waals surface area (Å²) in [6, 6.07) is 15.6. The molecule has 18 heavy (non-hydrogen) atoms. The quantitative estimate of drug-likeness (QED) is 0.747. The summed E-state index contributed by atoms with van der Waals surface area (Å²) in [5, 5.41) is 4.87. The molecule has 88 valence electrons. The summed E-state index contributed by atoms with van der Waals surface area (Å²) >= 11 is 0. The zero-order valence-corrected chi connectivity index (χ0v) is 9.42. The predicted octanol–water partition coefficient (Wildman–Crippen LogP) is 3.17. The number of benzene rings is 2. The molecule has 0 spiro atoms. The summed E-state index contributed by atoms with van der Waals surface area (Å²) in [6.45, 7) is 0. The third kappa shape index (κ3) is 1.76. The Morgan fingerprint density at radius 3 is 2.67 bits per heavy atom. The van der Waals surface area contributed by atoms with E-state index >= 15 is 0 Å². The van der Waals surface area contributed by atoms with E-state index in [0.29, 0.717) is 22.5 Å². The highest BCUT2D eigenvalue weighted by molar-refractivity contribution is 5.79. The van der Waals surface area contributed by atoms with Gasteiger partial charge in [-0.15, -0.1) is 0 Å². The molecular formula is C15H10O3. The van der Waals surface area contributed by atoms with Gasteiger partial charge >= 0.3 is 0 Å². The lowest BCUT2D eigenvalue weighted by Crippen LogP contribution is -1.99. The van der Waals surface area contributed by atoms with Gasteiger partial charge in [-0.2, -0.15) is 0 Å². The van der Waals surface area contributed by atoms with Crippen molar-refractivity contribution >= 4 is 11.0 Å². The van der Waals surface area contributed by atoms with Crippen molar-refractivity contribution in [1.29, 1.82) is 1.43 Å². The highest BCUT2D eigenvalue weighted by Crippen LogP contribution is 2.23. The van der Waals surface area contributed by atoms with Gasteiger partial charge < -0.3 is 9.53 Å². The van der Waals surface area contributed by atoms with Crippen LogP contribution in [0, 0.1) is 0 Å². The Balaban J connectivity index is 2.26. The largest absolute Gasteiger partial charge is 0.508 e. The van der Waals surface area contributed by atoms with E-state index in [-0.39, 0.29) is 5.43 Å². The van der Waals surface area contributed by atoms with Crippen LogP contribution in [-0.4, -0.2) is 6.54 Å². The maximum atomic E-state index is 12.0. The standard InChI is InChI=1S/C15H10O3/c16-11-6-7-12-13(17)9-14(18-15(12)8-11)10-4-2-1-3-5-10/h1-9,16H/i/hD. The summed E-state index contributed by atoms with van der Waals surface area (Å²) in [4.78, 5) is 12.0. The third-order valence-electron chi connectivity index (χ3n) is 2.76. The van der Waals surface area contributed by atoms with Gasteiger partial charge in [0, 0.05) is 17.7 Å². The van der Waals surface area contributed by atoms with E-state index in [1.165, 1.54) is 12.1 Å². The number of rotatable bonds is 2. The maximum Gasteiger partial charge on any atom is 0.293 e. The van der Waals surface area contributed by atoms with E-state index in [0.717, 1.165) is 5.56 Å². The molecule has 0 unspecified atom stereocenters. The Morgan fingerprint density at radius 1 is 1.06 bits per heavy atom. The minimum absolute atomic E-state index is 0.114. The molecule has 0 saturated heterocycles. The Morgan fingerprint density at radius 2 is 1.89 bits per heavy atom. The van der Waals surface area contributed by atoms with Crippen molar-refractivity contribution in [2.45, 2.75) is 0 Å². The lowest BCUT2D eigenvalue weighted by atomic mass is 10.1. The fourth-order valence-corrected chi connectivity index (χ4v) is 1.88. The zero-order valence-electron chi connectivity index (χ0n) is 10.4. The molecule has 0 aliphatic rings. The molecule has 0 radical (unpaired) electrons.